The van der Waals surface area contributed by atoms with Crippen molar-refractivity contribution in [2.75, 3.05) is 11.8 Å². The van der Waals surface area contributed by atoms with E-state index >= 15 is 0 Å². The Balaban J connectivity index is 3.65. The van der Waals surface area contributed by atoms with E-state index in [4.69, 9.17) is 33.0 Å². The van der Waals surface area contributed by atoms with Crippen molar-refractivity contribution in [3.8, 4) is 0 Å². The summed E-state index contributed by atoms with van der Waals surface area (Å²) in [6.45, 7) is -0.437. The van der Waals surface area contributed by atoms with Crippen molar-refractivity contribution in [1.82, 2.24) is 0 Å². The van der Waals surface area contributed by atoms with Crippen LogP contribution in [0.1, 0.15) is 6.92 Å². The van der Waals surface area contributed by atoms with E-state index in [0.29, 0.717) is 0 Å². The number of ether oxygens (including phenoxy) is 2. The average Bonchev–Trinajstić information content (AvgIpc) is 1.98. The molecule has 1 N–H and O–H groups in total. The van der Waals surface area contributed by atoms with Crippen LogP contribution in [0, 0.1) is 0 Å². The lowest BCUT2D eigenvalue weighted by Gasteiger charge is -2.16. The third kappa shape index (κ3) is 5.60. The number of hydrogen-bond donors (Lipinski definition) is 1. The smallest absolute Gasteiger partial charge is 0.316 e. The first kappa shape index (κ1) is 12.0. The highest BCUT2D eigenvalue weighted by Crippen LogP contribution is 2.02. The van der Waals surface area contributed by atoms with E-state index in [0.717, 1.165) is 6.92 Å². The van der Waals surface area contributed by atoms with E-state index in [2.05, 4.69) is 4.74 Å². The van der Waals surface area contributed by atoms with Crippen LogP contribution in [0.3, 0.4) is 0 Å². The number of rotatable bonds is 5. The maximum absolute atomic E-state index is 10.3. The fourth-order valence-electron chi connectivity index (χ4n) is 0.448. The Morgan fingerprint density at radius 2 is 2.00 bits per heavy atom. The van der Waals surface area contributed by atoms with Gasteiger partial charge < -0.3 is 14.6 Å². The molecule has 72 valence electrons. The molecule has 0 rings (SSSR count). The quantitative estimate of drug-likeness (QED) is 0.418. The fraction of sp³-hybridized carbons (Fsp3) is 0.833. The number of aliphatic hydroxyl groups is 1. The van der Waals surface area contributed by atoms with Gasteiger partial charge in [-0.25, -0.2) is 0 Å². The zero-order chi connectivity index (χ0) is 9.56. The molecule has 0 aliphatic carbocycles. The summed E-state index contributed by atoms with van der Waals surface area (Å²) in [6.07, 6.45) is -0.525. The molecule has 0 aliphatic rings. The average molecular weight is 217 g/mol. The van der Waals surface area contributed by atoms with Crippen molar-refractivity contribution in [1.29, 1.82) is 0 Å². The summed E-state index contributed by atoms with van der Waals surface area (Å²) in [7, 11) is 0. The van der Waals surface area contributed by atoms with Crippen molar-refractivity contribution in [2.24, 2.45) is 0 Å². The second kappa shape index (κ2) is 6.48. The third-order valence-electron chi connectivity index (χ3n) is 0.920. The highest BCUT2D eigenvalue weighted by Gasteiger charge is 2.14. The summed E-state index contributed by atoms with van der Waals surface area (Å²) in [5.41, 5.74) is 0. The number of halogens is 2. The van der Waals surface area contributed by atoms with Gasteiger partial charge in [-0.2, -0.15) is 0 Å². The predicted molar refractivity (Wildman–Crippen MR) is 44.1 cm³/mol. The monoisotopic (exact) mass is 216 g/mol. The van der Waals surface area contributed by atoms with E-state index < -0.39 is 18.5 Å². The normalized spacial score (nSPS) is 13.1. The number of carbonyl (C=O) groups excluding carboxylic acids is 1. The molecule has 0 bridgehead atoms. The maximum atomic E-state index is 10.3. The van der Waals surface area contributed by atoms with Gasteiger partial charge in [0.05, 0.1) is 17.9 Å². The third-order valence-corrected chi connectivity index (χ3v) is 1.61. The predicted octanol–water partition coefficient (Wildman–Crippen LogP) is 0.688. The molecule has 0 spiro atoms. The number of alkyl halides is 2. The number of hydrogen-bond acceptors (Lipinski definition) is 4. The van der Waals surface area contributed by atoms with Gasteiger partial charge in [0, 0.05) is 6.92 Å². The number of carbonyl (C=O) groups is 1. The van der Waals surface area contributed by atoms with Gasteiger partial charge >= 0.3 is 12.4 Å². The topological polar surface area (TPSA) is 55.8 Å². The summed E-state index contributed by atoms with van der Waals surface area (Å²) < 4.78 is 8.97. The zero-order valence-corrected chi connectivity index (χ0v) is 8.01. The highest BCUT2D eigenvalue weighted by molar-refractivity contribution is 6.21. The molecule has 0 aromatic rings. The van der Waals surface area contributed by atoms with E-state index in [9.17, 15) is 4.79 Å². The standard InChI is InChI=1S/C6H10Cl2O4/c1-4(9)11-6(10)12-5(2-7)3-8/h5-6,10H,2-3H2,1H3/t6-/m1/s1. The Morgan fingerprint density at radius 3 is 2.33 bits per heavy atom. The van der Waals surface area contributed by atoms with Gasteiger partial charge in [-0.15, -0.1) is 23.2 Å². The van der Waals surface area contributed by atoms with Gasteiger partial charge in [0.2, 0.25) is 0 Å². The minimum absolute atomic E-state index is 0.127. The van der Waals surface area contributed by atoms with Crippen LogP contribution < -0.4 is 0 Å². The Hall–Kier alpha value is -0.0300. The summed E-state index contributed by atoms with van der Waals surface area (Å²) >= 11 is 10.8. The second-order valence-electron chi connectivity index (χ2n) is 1.98. The molecule has 0 aromatic carbocycles. The van der Waals surface area contributed by atoms with Crippen LogP contribution in [-0.2, 0) is 14.3 Å². The molecular weight excluding hydrogens is 207 g/mol. The van der Waals surface area contributed by atoms with E-state index in [1.165, 1.54) is 0 Å². The summed E-state index contributed by atoms with van der Waals surface area (Å²) in [5, 5.41) is 8.87. The van der Waals surface area contributed by atoms with Gasteiger partial charge in [-0.1, -0.05) is 0 Å². The molecule has 6 heteroatoms. The van der Waals surface area contributed by atoms with Crippen molar-refractivity contribution < 1.29 is 19.4 Å². The molecule has 0 radical (unpaired) electrons. The molecular formula is C6H10Cl2O4. The van der Waals surface area contributed by atoms with Gasteiger partial charge in [-0.05, 0) is 0 Å². The van der Waals surface area contributed by atoms with Crippen LogP contribution in [0.25, 0.3) is 0 Å². The molecule has 0 fully saturated rings. The Morgan fingerprint density at radius 1 is 1.50 bits per heavy atom. The molecule has 0 aliphatic heterocycles. The Kier molecular flexibility index (Phi) is 6.47. The van der Waals surface area contributed by atoms with Crippen LogP contribution >= 0.6 is 23.2 Å². The van der Waals surface area contributed by atoms with Crippen LogP contribution in [0.15, 0.2) is 0 Å². The number of aliphatic hydroxyl groups excluding tert-OH is 1. The summed E-state index contributed by atoms with van der Waals surface area (Å²) in [5.74, 6) is -0.380. The lowest BCUT2D eigenvalue weighted by molar-refractivity contribution is -0.263. The van der Waals surface area contributed by atoms with E-state index in [1.54, 1.807) is 0 Å². The molecule has 1 atom stereocenters. The van der Waals surface area contributed by atoms with Crippen LogP contribution in [0.4, 0.5) is 0 Å². The molecule has 0 amide bonds. The number of esters is 1. The minimum atomic E-state index is -1.59. The first-order valence-corrected chi connectivity index (χ1v) is 4.29. The zero-order valence-electron chi connectivity index (χ0n) is 6.50. The SMILES string of the molecule is CC(=O)O[C@@H](O)OC(CCl)CCl. The second-order valence-corrected chi connectivity index (χ2v) is 2.60. The summed E-state index contributed by atoms with van der Waals surface area (Å²) in [4.78, 5) is 10.3. The Bertz CT molecular complexity index is 138. The molecule has 12 heavy (non-hydrogen) atoms. The van der Waals surface area contributed by atoms with Gasteiger partial charge in [0.15, 0.2) is 0 Å². The Labute approximate surface area is 80.4 Å². The van der Waals surface area contributed by atoms with Crippen LogP contribution in [0.2, 0.25) is 0 Å². The van der Waals surface area contributed by atoms with Gasteiger partial charge in [-0.3, -0.25) is 4.79 Å². The van der Waals surface area contributed by atoms with Gasteiger partial charge in [0.25, 0.3) is 0 Å². The fourth-order valence-corrected chi connectivity index (χ4v) is 0.924. The van der Waals surface area contributed by atoms with Gasteiger partial charge in [0.1, 0.15) is 0 Å². The van der Waals surface area contributed by atoms with Crippen LogP contribution in [0.5, 0.6) is 0 Å². The highest BCUT2D eigenvalue weighted by atomic mass is 35.5. The molecule has 0 saturated carbocycles. The molecule has 0 saturated heterocycles. The first-order chi connectivity index (χ1) is 5.60. The summed E-state index contributed by atoms with van der Waals surface area (Å²) in [6, 6.07) is 0. The first-order valence-electron chi connectivity index (χ1n) is 3.22. The van der Waals surface area contributed by atoms with Crippen molar-refractivity contribution in [3.05, 3.63) is 0 Å². The van der Waals surface area contributed by atoms with Crippen molar-refractivity contribution in [2.45, 2.75) is 19.5 Å². The van der Waals surface area contributed by atoms with Crippen molar-refractivity contribution >= 4 is 29.2 Å². The molecule has 0 aromatic heterocycles. The van der Waals surface area contributed by atoms with Crippen LogP contribution in [-0.4, -0.2) is 35.4 Å². The van der Waals surface area contributed by atoms with E-state index in [1.807, 2.05) is 0 Å². The molecule has 0 heterocycles. The minimum Gasteiger partial charge on any atom is -0.411 e. The molecule has 4 nitrogen and oxygen atoms in total. The molecule has 0 unspecified atom stereocenters. The lowest BCUT2D eigenvalue weighted by Crippen LogP contribution is -2.28. The largest absolute Gasteiger partial charge is 0.411 e. The lowest BCUT2D eigenvalue weighted by atomic mass is 10.5. The van der Waals surface area contributed by atoms with E-state index in [-0.39, 0.29) is 11.8 Å². The maximum Gasteiger partial charge on any atom is 0.316 e. The van der Waals surface area contributed by atoms with Crippen molar-refractivity contribution in [3.63, 3.8) is 0 Å².